The van der Waals surface area contributed by atoms with E-state index in [1.54, 1.807) is 0 Å². The van der Waals surface area contributed by atoms with E-state index in [0.717, 1.165) is 44.4 Å². The largest absolute Gasteiger partial charge is 0.489 e. The van der Waals surface area contributed by atoms with Crippen LogP contribution >= 0.6 is 0 Å². The summed E-state index contributed by atoms with van der Waals surface area (Å²) < 4.78 is 6.27. The van der Waals surface area contributed by atoms with E-state index >= 15 is 0 Å². The third kappa shape index (κ3) is 2.57. The zero-order valence-electron chi connectivity index (χ0n) is 15.2. The first kappa shape index (κ1) is 16.3. The molecule has 2 N–H and O–H groups in total. The van der Waals surface area contributed by atoms with Crippen LogP contribution in [-0.2, 0) is 18.4 Å². The van der Waals surface area contributed by atoms with E-state index in [2.05, 4.69) is 47.8 Å². The summed E-state index contributed by atoms with van der Waals surface area (Å²) in [6, 6.07) is 17.5. The van der Waals surface area contributed by atoms with Crippen molar-refractivity contribution in [3.8, 4) is 5.75 Å². The summed E-state index contributed by atoms with van der Waals surface area (Å²) in [6.45, 7) is 1.66. The lowest BCUT2D eigenvalue weighted by Gasteiger charge is -2.56. The predicted molar refractivity (Wildman–Crippen MR) is 102 cm³/mol. The standard InChI is InChI=1S/C23H27NO2/c25-17-9-10-20-21-13-18-19(23(20,14-17)11-12-24-21)7-4-8-22(18)26-15-16-5-2-1-3-6-16/h1-8,17,20-21,24-25H,9-15H2/t17?,20-,21+,23+/m0/s1. The Morgan fingerprint density at radius 2 is 1.96 bits per heavy atom. The molecule has 0 aromatic heterocycles. The molecule has 2 bridgehead atoms. The van der Waals surface area contributed by atoms with Gasteiger partial charge in [0.1, 0.15) is 12.4 Å². The molecular weight excluding hydrogens is 322 g/mol. The second kappa shape index (κ2) is 6.40. The Kier molecular flexibility index (Phi) is 4.02. The molecule has 3 nitrogen and oxygen atoms in total. The quantitative estimate of drug-likeness (QED) is 0.890. The molecule has 2 fully saturated rings. The average molecular weight is 349 g/mol. The number of benzene rings is 2. The Balaban J connectivity index is 1.51. The van der Waals surface area contributed by atoms with E-state index < -0.39 is 0 Å². The van der Waals surface area contributed by atoms with Crippen molar-refractivity contribution in [3.63, 3.8) is 0 Å². The molecule has 1 unspecified atom stereocenters. The fraction of sp³-hybridized carbons (Fsp3) is 0.478. The van der Waals surface area contributed by atoms with Crippen molar-refractivity contribution >= 4 is 0 Å². The van der Waals surface area contributed by atoms with Gasteiger partial charge in [-0.1, -0.05) is 42.5 Å². The summed E-state index contributed by atoms with van der Waals surface area (Å²) in [5, 5.41) is 14.2. The maximum absolute atomic E-state index is 10.5. The van der Waals surface area contributed by atoms with Gasteiger partial charge in [0.25, 0.3) is 0 Å². The zero-order valence-corrected chi connectivity index (χ0v) is 15.2. The van der Waals surface area contributed by atoms with Crippen LogP contribution in [0, 0.1) is 5.92 Å². The van der Waals surface area contributed by atoms with Gasteiger partial charge in [0.2, 0.25) is 0 Å². The molecule has 0 spiro atoms. The summed E-state index contributed by atoms with van der Waals surface area (Å²) in [4.78, 5) is 0. The Morgan fingerprint density at radius 1 is 1.08 bits per heavy atom. The molecule has 0 amide bonds. The third-order valence-electron chi connectivity index (χ3n) is 6.91. The molecule has 136 valence electrons. The summed E-state index contributed by atoms with van der Waals surface area (Å²) in [7, 11) is 0. The molecular formula is C23H27NO2. The molecule has 1 aliphatic heterocycles. The molecule has 2 aromatic rings. The number of aliphatic hydroxyl groups excluding tert-OH is 1. The third-order valence-corrected chi connectivity index (χ3v) is 6.91. The van der Waals surface area contributed by atoms with Crippen LogP contribution in [-0.4, -0.2) is 23.8 Å². The molecule has 3 aliphatic rings. The molecule has 3 heteroatoms. The zero-order chi connectivity index (χ0) is 17.6. The Bertz CT molecular complexity index is 790. The predicted octanol–water partition coefficient (Wildman–Crippen LogP) is 3.58. The number of aliphatic hydroxyl groups is 1. The van der Waals surface area contributed by atoms with Gasteiger partial charge in [-0.15, -0.1) is 0 Å². The van der Waals surface area contributed by atoms with Crippen molar-refractivity contribution in [2.75, 3.05) is 6.54 Å². The van der Waals surface area contributed by atoms with E-state index in [1.165, 1.54) is 16.7 Å². The maximum atomic E-state index is 10.5. The van der Waals surface area contributed by atoms with Crippen LogP contribution in [0.1, 0.15) is 42.4 Å². The summed E-state index contributed by atoms with van der Waals surface area (Å²) in [5.74, 6) is 1.68. The smallest absolute Gasteiger partial charge is 0.123 e. The van der Waals surface area contributed by atoms with Crippen LogP contribution in [0.25, 0.3) is 0 Å². The van der Waals surface area contributed by atoms with Gasteiger partial charge >= 0.3 is 0 Å². The highest BCUT2D eigenvalue weighted by Crippen LogP contribution is 2.55. The lowest BCUT2D eigenvalue weighted by molar-refractivity contribution is 0.00330. The van der Waals surface area contributed by atoms with Crippen LogP contribution < -0.4 is 10.1 Å². The van der Waals surface area contributed by atoms with Gasteiger partial charge in [-0.25, -0.2) is 0 Å². The molecule has 2 aromatic carbocycles. The van der Waals surface area contributed by atoms with Gasteiger partial charge in [0.15, 0.2) is 0 Å². The van der Waals surface area contributed by atoms with E-state index in [4.69, 9.17) is 4.74 Å². The second-order valence-corrected chi connectivity index (χ2v) is 8.27. The normalized spacial score (nSPS) is 32.4. The van der Waals surface area contributed by atoms with Crippen LogP contribution in [0.15, 0.2) is 48.5 Å². The number of rotatable bonds is 3. The first-order valence-electron chi connectivity index (χ1n) is 9.97. The van der Waals surface area contributed by atoms with E-state index in [1.807, 2.05) is 6.07 Å². The first-order chi connectivity index (χ1) is 12.8. The number of ether oxygens (including phenoxy) is 1. The topological polar surface area (TPSA) is 41.5 Å². The van der Waals surface area contributed by atoms with Gasteiger partial charge in [-0.05, 0) is 67.3 Å². The van der Waals surface area contributed by atoms with Crippen molar-refractivity contribution in [1.82, 2.24) is 5.32 Å². The lowest BCUT2D eigenvalue weighted by Crippen LogP contribution is -2.61. The van der Waals surface area contributed by atoms with Crippen LogP contribution in [0.5, 0.6) is 5.75 Å². The van der Waals surface area contributed by atoms with Crippen molar-refractivity contribution in [2.24, 2.45) is 5.92 Å². The Hall–Kier alpha value is -1.84. The first-order valence-corrected chi connectivity index (χ1v) is 9.97. The molecule has 0 radical (unpaired) electrons. The Morgan fingerprint density at radius 3 is 2.85 bits per heavy atom. The summed E-state index contributed by atoms with van der Waals surface area (Å²) in [6.07, 6.45) is 5.00. The van der Waals surface area contributed by atoms with E-state index in [9.17, 15) is 5.11 Å². The van der Waals surface area contributed by atoms with Crippen molar-refractivity contribution in [2.45, 2.75) is 56.3 Å². The number of piperidine rings is 1. The highest BCUT2D eigenvalue weighted by molar-refractivity contribution is 5.49. The molecule has 1 heterocycles. The van der Waals surface area contributed by atoms with E-state index in [0.29, 0.717) is 18.6 Å². The summed E-state index contributed by atoms with van der Waals surface area (Å²) >= 11 is 0. The van der Waals surface area contributed by atoms with Crippen LogP contribution in [0.4, 0.5) is 0 Å². The number of hydrogen-bond donors (Lipinski definition) is 2. The molecule has 1 saturated carbocycles. The number of fused-ring (bicyclic) bond motifs is 1. The number of nitrogens with one attached hydrogen (secondary N) is 1. The highest BCUT2D eigenvalue weighted by atomic mass is 16.5. The Labute approximate surface area is 155 Å². The minimum atomic E-state index is -0.162. The van der Waals surface area contributed by atoms with Gasteiger partial charge in [0, 0.05) is 11.5 Å². The fourth-order valence-electron chi connectivity index (χ4n) is 5.81. The number of hydrogen-bond acceptors (Lipinski definition) is 3. The molecule has 1 saturated heterocycles. The van der Waals surface area contributed by atoms with Crippen LogP contribution in [0.2, 0.25) is 0 Å². The molecule has 2 aliphatic carbocycles. The van der Waals surface area contributed by atoms with Crippen molar-refractivity contribution in [1.29, 1.82) is 0 Å². The fourth-order valence-corrected chi connectivity index (χ4v) is 5.81. The van der Waals surface area contributed by atoms with Crippen molar-refractivity contribution < 1.29 is 9.84 Å². The SMILES string of the molecule is OC1CC[C@H]2[C@H]3Cc4c(OCc5ccccc5)cccc4[C@@]2(CCN3)C1. The van der Waals surface area contributed by atoms with Gasteiger partial charge in [0.05, 0.1) is 6.10 Å². The second-order valence-electron chi connectivity index (χ2n) is 8.27. The maximum Gasteiger partial charge on any atom is 0.123 e. The minimum absolute atomic E-state index is 0.132. The molecule has 26 heavy (non-hydrogen) atoms. The van der Waals surface area contributed by atoms with Crippen molar-refractivity contribution in [3.05, 3.63) is 65.2 Å². The highest BCUT2D eigenvalue weighted by Gasteiger charge is 2.53. The minimum Gasteiger partial charge on any atom is -0.489 e. The monoisotopic (exact) mass is 349 g/mol. The van der Waals surface area contributed by atoms with Gasteiger partial charge < -0.3 is 15.2 Å². The summed E-state index contributed by atoms with van der Waals surface area (Å²) in [5.41, 5.74) is 4.15. The van der Waals surface area contributed by atoms with Gasteiger partial charge in [-0.3, -0.25) is 0 Å². The molecule has 4 atom stereocenters. The van der Waals surface area contributed by atoms with Gasteiger partial charge in [-0.2, -0.15) is 0 Å². The van der Waals surface area contributed by atoms with E-state index in [-0.39, 0.29) is 11.5 Å². The average Bonchev–Trinajstić information content (AvgIpc) is 2.67. The lowest BCUT2D eigenvalue weighted by atomic mass is 9.52. The van der Waals surface area contributed by atoms with Crippen LogP contribution in [0.3, 0.4) is 0 Å². The molecule has 5 rings (SSSR count).